The molecule has 0 aliphatic rings. The molecular weight excluding hydrogens is 368 g/mol. The smallest absolute Gasteiger partial charge is 0.339 e. The average molecular weight is 392 g/mol. The molecule has 0 spiro atoms. The molecule has 150 valence electrons. The lowest BCUT2D eigenvalue weighted by molar-refractivity contribution is -0.124. The van der Waals surface area contributed by atoms with Crippen LogP contribution in [0, 0.1) is 0 Å². The predicted molar refractivity (Wildman–Crippen MR) is 112 cm³/mol. The van der Waals surface area contributed by atoms with Crippen molar-refractivity contribution in [2.24, 2.45) is 0 Å². The highest BCUT2D eigenvalue weighted by Crippen LogP contribution is 2.26. The number of nitrogens with one attached hydrogen (secondary N) is 1. The molecule has 3 aromatic rings. The van der Waals surface area contributed by atoms with E-state index in [9.17, 15) is 9.59 Å². The van der Waals surface area contributed by atoms with Gasteiger partial charge in [-0.1, -0.05) is 25.1 Å². The Labute approximate surface area is 169 Å². The fourth-order valence-electron chi connectivity index (χ4n) is 2.88. The average Bonchev–Trinajstić information content (AvgIpc) is 2.76. The highest BCUT2D eigenvalue weighted by atomic mass is 16.5. The van der Waals surface area contributed by atoms with E-state index < -0.39 is 5.97 Å². The van der Waals surface area contributed by atoms with Gasteiger partial charge >= 0.3 is 5.97 Å². The van der Waals surface area contributed by atoms with E-state index >= 15 is 0 Å². The van der Waals surface area contributed by atoms with Gasteiger partial charge in [-0.15, -0.1) is 0 Å². The molecule has 3 rings (SSSR count). The number of hydrogen-bond donors (Lipinski definition) is 1. The number of fused-ring (bicyclic) bond motifs is 1. The van der Waals surface area contributed by atoms with Crippen LogP contribution >= 0.6 is 0 Å². The monoisotopic (exact) mass is 392 g/mol. The van der Waals surface area contributed by atoms with Crippen LogP contribution < -0.4 is 10.1 Å². The quantitative estimate of drug-likeness (QED) is 0.616. The Bertz CT molecular complexity index is 1020. The SMILES string of the molecule is CCC(C)NC(=O)COC(=O)c1cc(-c2ccc(OC)cc2)nc2ccccc12. The molecule has 0 saturated heterocycles. The number of benzene rings is 2. The maximum absolute atomic E-state index is 12.8. The number of rotatable bonds is 7. The summed E-state index contributed by atoms with van der Waals surface area (Å²) in [6.07, 6.45) is 0.805. The molecule has 1 N–H and O–H groups in total. The lowest BCUT2D eigenvalue weighted by atomic mass is 10.0. The summed E-state index contributed by atoms with van der Waals surface area (Å²) in [7, 11) is 1.61. The van der Waals surface area contributed by atoms with Crippen molar-refractivity contribution in [3.63, 3.8) is 0 Å². The summed E-state index contributed by atoms with van der Waals surface area (Å²) in [5.74, 6) is -0.138. The molecule has 1 amide bonds. The second kappa shape index (κ2) is 9.19. The van der Waals surface area contributed by atoms with Gasteiger partial charge in [0.05, 0.1) is 23.9 Å². The van der Waals surface area contributed by atoms with E-state index in [-0.39, 0.29) is 18.6 Å². The Morgan fingerprint density at radius 1 is 1.10 bits per heavy atom. The molecule has 1 heterocycles. The molecule has 0 aliphatic carbocycles. The molecule has 6 nitrogen and oxygen atoms in total. The van der Waals surface area contributed by atoms with Gasteiger partial charge in [-0.25, -0.2) is 9.78 Å². The summed E-state index contributed by atoms with van der Waals surface area (Å²) >= 11 is 0. The number of nitrogens with zero attached hydrogens (tertiary/aromatic N) is 1. The van der Waals surface area contributed by atoms with E-state index in [4.69, 9.17) is 9.47 Å². The molecule has 29 heavy (non-hydrogen) atoms. The number of methoxy groups -OCH3 is 1. The Morgan fingerprint density at radius 3 is 2.52 bits per heavy atom. The lowest BCUT2D eigenvalue weighted by Crippen LogP contribution is -2.35. The maximum Gasteiger partial charge on any atom is 0.339 e. The van der Waals surface area contributed by atoms with Gasteiger partial charge in [0, 0.05) is 17.0 Å². The van der Waals surface area contributed by atoms with E-state index in [1.165, 1.54) is 0 Å². The number of pyridine rings is 1. The van der Waals surface area contributed by atoms with Crippen LogP contribution in [0.3, 0.4) is 0 Å². The van der Waals surface area contributed by atoms with Crippen molar-refractivity contribution in [3.05, 3.63) is 60.2 Å². The van der Waals surface area contributed by atoms with Gasteiger partial charge in [0.15, 0.2) is 6.61 Å². The number of aromatic nitrogens is 1. The normalized spacial score (nSPS) is 11.7. The molecule has 0 radical (unpaired) electrons. The van der Waals surface area contributed by atoms with Gasteiger partial charge in [-0.2, -0.15) is 0 Å². The van der Waals surface area contributed by atoms with Crippen LogP contribution in [-0.2, 0) is 9.53 Å². The molecule has 0 aliphatic heterocycles. The predicted octanol–water partition coefficient (Wildman–Crippen LogP) is 3.98. The molecule has 0 saturated carbocycles. The number of esters is 1. The fraction of sp³-hybridized carbons (Fsp3) is 0.261. The Morgan fingerprint density at radius 2 is 1.83 bits per heavy atom. The molecule has 0 bridgehead atoms. The van der Waals surface area contributed by atoms with Crippen LogP contribution in [0.4, 0.5) is 0 Å². The van der Waals surface area contributed by atoms with Gasteiger partial charge in [-0.3, -0.25) is 4.79 Å². The lowest BCUT2D eigenvalue weighted by Gasteiger charge is -2.13. The summed E-state index contributed by atoms with van der Waals surface area (Å²) in [6.45, 7) is 3.55. The van der Waals surface area contributed by atoms with Gasteiger partial charge < -0.3 is 14.8 Å². The van der Waals surface area contributed by atoms with Crippen LogP contribution in [0.1, 0.15) is 30.6 Å². The number of para-hydroxylation sites is 1. The van der Waals surface area contributed by atoms with Gasteiger partial charge in [0.1, 0.15) is 5.75 Å². The zero-order chi connectivity index (χ0) is 20.8. The molecule has 1 atom stereocenters. The van der Waals surface area contributed by atoms with Crippen molar-refractivity contribution in [1.29, 1.82) is 0 Å². The summed E-state index contributed by atoms with van der Waals surface area (Å²) in [5.41, 5.74) is 2.54. The van der Waals surface area contributed by atoms with Gasteiger partial charge in [0.2, 0.25) is 0 Å². The standard InChI is InChI=1S/C23H24N2O4/c1-4-15(2)24-22(26)14-29-23(27)19-13-21(16-9-11-17(28-3)12-10-16)25-20-8-6-5-7-18(19)20/h5-13,15H,4,14H2,1-3H3,(H,24,26). The minimum Gasteiger partial charge on any atom is -0.497 e. The van der Waals surface area contributed by atoms with Gasteiger partial charge in [-0.05, 0) is 49.7 Å². The molecular formula is C23H24N2O4. The third-order valence-electron chi connectivity index (χ3n) is 4.68. The zero-order valence-electron chi connectivity index (χ0n) is 16.8. The second-order valence-corrected chi connectivity index (χ2v) is 6.75. The summed E-state index contributed by atoms with van der Waals surface area (Å²) in [6, 6.07) is 16.5. The summed E-state index contributed by atoms with van der Waals surface area (Å²) in [4.78, 5) is 29.4. The highest BCUT2D eigenvalue weighted by Gasteiger charge is 2.17. The van der Waals surface area contributed by atoms with Crippen LogP contribution in [0.25, 0.3) is 22.2 Å². The first-order valence-corrected chi connectivity index (χ1v) is 9.52. The molecule has 0 fully saturated rings. The van der Waals surface area contributed by atoms with E-state index in [0.29, 0.717) is 22.2 Å². The third kappa shape index (κ3) is 4.90. The van der Waals surface area contributed by atoms with Crippen molar-refractivity contribution < 1.29 is 19.1 Å². The van der Waals surface area contributed by atoms with Crippen LogP contribution in [0.15, 0.2) is 54.6 Å². The van der Waals surface area contributed by atoms with Crippen LogP contribution in [-0.4, -0.2) is 36.6 Å². The van der Waals surface area contributed by atoms with E-state index in [0.717, 1.165) is 17.7 Å². The Hall–Kier alpha value is -3.41. The second-order valence-electron chi connectivity index (χ2n) is 6.75. The molecule has 6 heteroatoms. The first-order valence-electron chi connectivity index (χ1n) is 9.52. The van der Waals surface area contributed by atoms with Crippen molar-refractivity contribution in [2.75, 3.05) is 13.7 Å². The first kappa shape index (κ1) is 20.3. The fourth-order valence-corrected chi connectivity index (χ4v) is 2.88. The maximum atomic E-state index is 12.8. The van der Waals surface area contributed by atoms with Crippen molar-refractivity contribution in [3.8, 4) is 17.0 Å². The highest BCUT2D eigenvalue weighted by molar-refractivity contribution is 6.05. The number of ether oxygens (including phenoxy) is 2. The van der Waals surface area contributed by atoms with Gasteiger partial charge in [0.25, 0.3) is 5.91 Å². The summed E-state index contributed by atoms with van der Waals surface area (Å²) < 4.78 is 10.5. The number of carbonyl (C=O) groups is 2. The number of amides is 1. The topological polar surface area (TPSA) is 77.5 Å². The van der Waals surface area contributed by atoms with Crippen molar-refractivity contribution in [1.82, 2.24) is 10.3 Å². The molecule has 2 aromatic carbocycles. The van der Waals surface area contributed by atoms with Crippen molar-refractivity contribution >= 4 is 22.8 Å². The summed E-state index contributed by atoms with van der Waals surface area (Å²) in [5, 5.41) is 3.46. The first-order chi connectivity index (χ1) is 14.0. The van der Waals surface area contributed by atoms with Crippen LogP contribution in [0.2, 0.25) is 0 Å². The molecule has 1 aromatic heterocycles. The minimum atomic E-state index is -0.558. The van der Waals surface area contributed by atoms with E-state index in [2.05, 4.69) is 10.3 Å². The minimum absolute atomic E-state index is 0.0321. The van der Waals surface area contributed by atoms with Crippen LogP contribution in [0.5, 0.6) is 5.75 Å². The number of carbonyl (C=O) groups excluding carboxylic acids is 2. The largest absolute Gasteiger partial charge is 0.497 e. The third-order valence-corrected chi connectivity index (χ3v) is 4.68. The van der Waals surface area contributed by atoms with E-state index in [1.807, 2.05) is 62.4 Å². The Balaban J connectivity index is 1.89. The van der Waals surface area contributed by atoms with Crippen molar-refractivity contribution in [2.45, 2.75) is 26.3 Å². The zero-order valence-corrected chi connectivity index (χ0v) is 16.8. The van der Waals surface area contributed by atoms with E-state index in [1.54, 1.807) is 13.2 Å². The number of hydrogen-bond acceptors (Lipinski definition) is 5. The Kier molecular flexibility index (Phi) is 6.44. The molecule has 1 unspecified atom stereocenters.